The molecule has 0 fully saturated rings. The number of carbonyl (C=O) groups is 1. The number of aromatic nitrogens is 2. The van der Waals surface area contributed by atoms with E-state index < -0.39 is 5.97 Å². The van der Waals surface area contributed by atoms with Crippen LogP contribution in [-0.2, 0) is 24.1 Å². The molecule has 0 saturated carbocycles. The van der Waals surface area contributed by atoms with Gasteiger partial charge < -0.3 is 10.0 Å². The molecule has 0 radical (unpaired) electrons. The maximum atomic E-state index is 11.0. The van der Waals surface area contributed by atoms with Gasteiger partial charge in [0, 0.05) is 18.5 Å². The summed E-state index contributed by atoms with van der Waals surface area (Å²) in [6.07, 6.45) is 4.52. The summed E-state index contributed by atoms with van der Waals surface area (Å²) in [5.41, 5.74) is 1.39. The smallest absolute Gasteiger partial charge is 0.311 e. The molecular formula is C15H19N3O2S. The van der Waals surface area contributed by atoms with Crippen LogP contribution in [0.4, 0.5) is 5.82 Å². The number of carboxylic acids is 1. The van der Waals surface area contributed by atoms with E-state index in [0.29, 0.717) is 5.82 Å². The van der Waals surface area contributed by atoms with Gasteiger partial charge in [-0.3, -0.25) is 4.79 Å². The molecule has 0 unspecified atom stereocenters. The molecule has 0 aromatic carbocycles. The second-order valence-electron chi connectivity index (χ2n) is 5.44. The average molecular weight is 305 g/mol. The van der Waals surface area contributed by atoms with Gasteiger partial charge in [0.15, 0.2) is 0 Å². The van der Waals surface area contributed by atoms with Crippen molar-refractivity contribution in [2.45, 2.75) is 39.0 Å². The SMILES string of the molecule is CCN(C)c1nc(CC(=O)O)nc2sc3c(c12)CCCC3. The van der Waals surface area contributed by atoms with E-state index in [4.69, 9.17) is 5.11 Å². The molecule has 2 aromatic heterocycles. The molecule has 2 aromatic rings. The Kier molecular flexibility index (Phi) is 3.80. The second kappa shape index (κ2) is 5.60. The summed E-state index contributed by atoms with van der Waals surface area (Å²) in [4.78, 5) is 24.4. The minimum Gasteiger partial charge on any atom is -0.481 e. The van der Waals surface area contributed by atoms with Gasteiger partial charge >= 0.3 is 5.97 Å². The van der Waals surface area contributed by atoms with Crippen LogP contribution in [0.25, 0.3) is 10.2 Å². The topological polar surface area (TPSA) is 66.3 Å². The molecular weight excluding hydrogens is 286 g/mol. The van der Waals surface area contributed by atoms with Crippen LogP contribution in [0.3, 0.4) is 0 Å². The van der Waals surface area contributed by atoms with Gasteiger partial charge in [-0.05, 0) is 38.2 Å². The molecule has 6 heteroatoms. The molecule has 3 rings (SSSR count). The molecule has 5 nitrogen and oxygen atoms in total. The van der Waals surface area contributed by atoms with Crippen molar-refractivity contribution in [3.8, 4) is 0 Å². The highest BCUT2D eigenvalue weighted by atomic mass is 32.1. The highest BCUT2D eigenvalue weighted by Gasteiger charge is 2.22. The van der Waals surface area contributed by atoms with Gasteiger partial charge in [-0.25, -0.2) is 9.97 Å². The van der Waals surface area contributed by atoms with Gasteiger partial charge in [-0.2, -0.15) is 0 Å². The largest absolute Gasteiger partial charge is 0.481 e. The fourth-order valence-corrected chi connectivity index (χ4v) is 4.10. The first-order valence-electron chi connectivity index (χ1n) is 7.34. The Morgan fingerprint density at radius 1 is 1.33 bits per heavy atom. The van der Waals surface area contributed by atoms with E-state index in [9.17, 15) is 4.79 Å². The zero-order valence-electron chi connectivity index (χ0n) is 12.3. The maximum absolute atomic E-state index is 11.0. The maximum Gasteiger partial charge on any atom is 0.311 e. The van der Waals surface area contributed by atoms with Crippen molar-refractivity contribution in [3.63, 3.8) is 0 Å². The second-order valence-corrected chi connectivity index (χ2v) is 6.52. The van der Waals surface area contributed by atoms with Crippen LogP contribution in [0.5, 0.6) is 0 Å². The van der Waals surface area contributed by atoms with E-state index in [0.717, 1.165) is 35.4 Å². The molecule has 0 spiro atoms. The molecule has 2 heterocycles. The van der Waals surface area contributed by atoms with Crippen molar-refractivity contribution in [3.05, 3.63) is 16.3 Å². The van der Waals surface area contributed by atoms with Gasteiger partial charge in [0.05, 0.1) is 5.39 Å². The summed E-state index contributed by atoms with van der Waals surface area (Å²) in [6.45, 7) is 2.91. The molecule has 0 saturated heterocycles. The zero-order valence-corrected chi connectivity index (χ0v) is 13.2. The number of rotatable bonds is 4. The lowest BCUT2D eigenvalue weighted by molar-refractivity contribution is -0.136. The summed E-state index contributed by atoms with van der Waals surface area (Å²) in [6, 6.07) is 0. The quantitative estimate of drug-likeness (QED) is 0.940. The van der Waals surface area contributed by atoms with Crippen LogP contribution in [-0.4, -0.2) is 34.6 Å². The fraction of sp³-hybridized carbons (Fsp3) is 0.533. The lowest BCUT2D eigenvalue weighted by Crippen LogP contribution is -2.19. The van der Waals surface area contributed by atoms with Crippen LogP contribution in [0.15, 0.2) is 0 Å². The number of thiophene rings is 1. The van der Waals surface area contributed by atoms with Gasteiger partial charge in [0.1, 0.15) is 22.9 Å². The number of fused-ring (bicyclic) bond motifs is 3. The third kappa shape index (κ3) is 2.60. The van der Waals surface area contributed by atoms with E-state index in [1.165, 1.54) is 23.3 Å². The molecule has 1 aliphatic rings. The Bertz CT molecular complexity index is 696. The van der Waals surface area contributed by atoms with Crippen molar-refractivity contribution in [1.29, 1.82) is 0 Å². The molecule has 21 heavy (non-hydrogen) atoms. The summed E-state index contributed by atoms with van der Waals surface area (Å²) in [7, 11) is 2.00. The minimum atomic E-state index is -0.888. The molecule has 112 valence electrons. The third-order valence-corrected chi connectivity index (χ3v) is 5.17. The first-order chi connectivity index (χ1) is 10.1. The van der Waals surface area contributed by atoms with Gasteiger partial charge in [0.2, 0.25) is 0 Å². The normalized spacial score (nSPS) is 14.2. The van der Waals surface area contributed by atoms with Crippen LogP contribution in [0.1, 0.15) is 36.0 Å². The Morgan fingerprint density at radius 3 is 2.81 bits per heavy atom. The van der Waals surface area contributed by atoms with E-state index >= 15 is 0 Å². The number of hydrogen-bond donors (Lipinski definition) is 1. The van der Waals surface area contributed by atoms with Crippen molar-refractivity contribution in [1.82, 2.24) is 9.97 Å². The molecule has 0 atom stereocenters. The number of carboxylic acid groups (broad SMARTS) is 1. The van der Waals surface area contributed by atoms with Crippen LogP contribution in [0, 0.1) is 0 Å². The Labute approximate surface area is 127 Å². The Balaban J connectivity index is 2.21. The molecule has 0 amide bonds. The Morgan fingerprint density at radius 2 is 2.10 bits per heavy atom. The van der Waals surface area contributed by atoms with Crippen LogP contribution < -0.4 is 4.90 Å². The zero-order chi connectivity index (χ0) is 15.0. The van der Waals surface area contributed by atoms with E-state index in [-0.39, 0.29) is 6.42 Å². The molecule has 1 N–H and O–H groups in total. The van der Waals surface area contributed by atoms with Gasteiger partial charge in [-0.1, -0.05) is 0 Å². The average Bonchev–Trinajstić information content (AvgIpc) is 2.83. The summed E-state index contributed by atoms with van der Waals surface area (Å²) in [5.74, 6) is 0.405. The molecule has 0 aliphatic heterocycles. The van der Waals surface area contributed by atoms with Crippen LogP contribution in [0.2, 0.25) is 0 Å². The summed E-state index contributed by atoms with van der Waals surface area (Å²) < 4.78 is 0. The lowest BCUT2D eigenvalue weighted by Gasteiger charge is -2.19. The predicted molar refractivity (Wildman–Crippen MR) is 84.3 cm³/mol. The van der Waals surface area contributed by atoms with Crippen molar-refractivity contribution >= 4 is 33.3 Å². The number of anilines is 1. The fourth-order valence-electron chi connectivity index (χ4n) is 2.82. The third-order valence-electron chi connectivity index (χ3n) is 3.99. The Hall–Kier alpha value is -1.69. The van der Waals surface area contributed by atoms with E-state index in [1.54, 1.807) is 11.3 Å². The summed E-state index contributed by atoms with van der Waals surface area (Å²) >= 11 is 1.71. The first kappa shape index (κ1) is 14.3. The lowest BCUT2D eigenvalue weighted by atomic mass is 9.97. The number of aryl methyl sites for hydroxylation is 2. The van der Waals surface area contributed by atoms with Gasteiger partial charge in [0.25, 0.3) is 0 Å². The first-order valence-corrected chi connectivity index (χ1v) is 8.16. The standard InChI is InChI=1S/C15H19N3O2S/c1-3-18(2)14-13-9-6-4-5-7-10(9)21-15(13)17-11(16-14)8-12(19)20/h3-8H2,1-2H3,(H,19,20). The highest BCUT2D eigenvalue weighted by Crippen LogP contribution is 2.39. The number of hydrogen-bond acceptors (Lipinski definition) is 5. The molecule has 0 bridgehead atoms. The van der Waals surface area contributed by atoms with Crippen LogP contribution >= 0.6 is 11.3 Å². The number of nitrogens with zero attached hydrogens (tertiary/aromatic N) is 3. The van der Waals surface area contributed by atoms with Crippen molar-refractivity contribution < 1.29 is 9.90 Å². The highest BCUT2D eigenvalue weighted by molar-refractivity contribution is 7.19. The van der Waals surface area contributed by atoms with Gasteiger partial charge in [-0.15, -0.1) is 11.3 Å². The monoisotopic (exact) mass is 305 g/mol. The van der Waals surface area contributed by atoms with Crippen molar-refractivity contribution in [2.24, 2.45) is 0 Å². The molecule has 1 aliphatic carbocycles. The number of aliphatic carboxylic acids is 1. The van der Waals surface area contributed by atoms with E-state index in [2.05, 4.69) is 21.8 Å². The van der Waals surface area contributed by atoms with Crippen molar-refractivity contribution in [2.75, 3.05) is 18.5 Å². The summed E-state index contributed by atoms with van der Waals surface area (Å²) in [5, 5.41) is 10.1. The van der Waals surface area contributed by atoms with E-state index in [1.807, 2.05) is 7.05 Å². The predicted octanol–water partition coefficient (Wildman–Crippen LogP) is 2.65. The minimum absolute atomic E-state index is 0.122.